The first-order valence-corrected chi connectivity index (χ1v) is 8.18. The Morgan fingerprint density at radius 3 is 2.35 bits per heavy atom. The molecule has 0 saturated carbocycles. The number of Topliss-reactive ketones (excluding diaryl/α,β-unsaturated/α-hetero) is 1. The molecule has 0 atom stereocenters. The van der Waals surface area contributed by atoms with Gasteiger partial charge in [-0.1, -0.05) is 48.5 Å². The van der Waals surface area contributed by atoms with E-state index in [1.807, 2.05) is 36.4 Å². The molecule has 0 spiro atoms. The summed E-state index contributed by atoms with van der Waals surface area (Å²) in [5, 5.41) is 0.802. The molecule has 3 aromatic rings. The minimum absolute atomic E-state index is 0.0728. The number of ketones is 1. The van der Waals surface area contributed by atoms with Crippen LogP contribution in [-0.4, -0.2) is 15.1 Å². The van der Waals surface area contributed by atoms with E-state index in [1.54, 1.807) is 6.92 Å². The number of para-hydroxylation sites is 1. The van der Waals surface area contributed by atoms with Gasteiger partial charge in [0.1, 0.15) is 5.78 Å². The Morgan fingerprint density at radius 1 is 1.04 bits per heavy atom. The number of aromatic nitrogens is 2. The predicted octanol–water partition coefficient (Wildman–Crippen LogP) is 4.01. The van der Waals surface area contributed by atoms with E-state index in [-0.39, 0.29) is 12.2 Å². The zero-order chi connectivity index (χ0) is 16.1. The van der Waals surface area contributed by atoms with Crippen LogP contribution in [0.3, 0.4) is 0 Å². The third-order valence-electron chi connectivity index (χ3n) is 3.35. The highest BCUT2D eigenvalue weighted by Crippen LogP contribution is 2.28. The van der Waals surface area contributed by atoms with Crippen LogP contribution in [0.15, 0.2) is 60.7 Å². The summed E-state index contributed by atoms with van der Waals surface area (Å²) < 4.78 is 4.31. The fraction of sp³-hybridized carbons (Fsp3) is 0.167. The smallest absolute Gasteiger partial charge is 0.210 e. The molecule has 0 saturated heterocycles. The Kier molecular flexibility index (Phi) is 4.78. The Morgan fingerprint density at radius 2 is 1.70 bits per heavy atom. The van der Waals surface area contributed by atoms with Gasteiger partial charge in [-0.2, -0.15) is 4.37 Å². The molecule has 5 heteroatoms. The molecule has 0 radical (unpaired) electrons. The molecule has 2 aromatic carbocycles. The Labute approximate surface area is 139 Å². The normalized spacial score (nSPS) is 10.5. The lowest BCUT2D eigenvalue weighted by molar-refractivity contribution is -0.116. The van der Waals surface area contributed by atoms with Crippen molar-refractivity contribution in [3.8, 4) is 0 Å². The van der Waals surface area contributed by atoms with Crippen LogP contribution in [0, 0.1) is 0 Å². The molecule has 1 aromatic heterocycles. The van der Waals surface area contributed by atoms with Gasteiger partial charge in [0.05, 0.1) is 13.0 Å². The molecule has 0 aliphatic heterocycles. The molecule has 3 rings (SSSR count). The van der Waals surface area contributed by atoms with Crippen molar-refractivity contribution in [1.82, 2.24) is 9.36 Å². The number of hydrogen-bond donors (Lipinski definition) is 0. The summed E-state index contributed by atoms with van der Waals surface area (Å²) in [5.41, 5.74) is 2.25. The minimum Gasteiger partial charge on any atom is -0.312 e. The van der Waals surface area contributed by atoms with E-state index in [0.717, 1.165) is 10.8 Å². The zero-order valence-electron chi connectivity index (χ0n) is 12.8. The number of hydrogen-bond acceptors (Lipinski definition) is 5. The average molecular weight is 323 g/mol. The van der Waals surface area contributed by atoms with E-state index < -0.39 is 0 Å². The molecule has 4 nitrogen and oxygen atoms in total. The quantitative estimate of drug-likeness (QED) is 0.687. The summed E-state index contributed by atoms with van der Waals surface area (Å²) in [6.45, 7) is 2.26. The standard InChI is InChI=1S/C18H17N3OS/c1-14(22)12-17-19-18(23-20-17)21(16-10-6-3-7-11-16)13-15-8-4-2-5-9-15/h2-11H,12-13H2,1H3. The van der Waals surface area contributed by atoms with E-state index in [4.69, 9.17) is 0 Å². The number of rotatable bonds is 6. The first-order chi connectivity index (χ1) is 11.2. The van der Waals surface area contributed by atoms with Crippen LogP contribution in [0.4, 0.5) is 10.8 Å². The monoisotopic (exact) mass is 323 g/mol. The Balaban J connectivity index is 1.92. The molecule has 0 unspecified atom stereocenters. The molecule has 1 heterocycles. The van der Waals surface area contributed by atoms with E-state index in [2.05, 4.69) is 38.5 Å². The van der Waals surface area contributed by atoms with Crippen molar-refractivity contribution in [2.24, 2.45) is 0 Å². The fourth-order valence-corrected chi connectivity index (χ4v) is 3.00. The van der Waals surface area contributed by atoms with Gasteiger partial charge in [0.25, 0.3) is 0 Å². The van der Waals surface area contributed by atoms with Gasteiger partial charge < -0.3 is 4.90 Å². The van der Waals surface area contributed by atoms with Crippen molar-refractivity contribution >= 4 is 28.1 Å². The van der Waals surface area contributed by atoms with Crippen LogP contribution in [0.2, 0.25) is 0 Å². The average Bonchev–Trinajstić information content (AvgIpc) is 3.02. The highest BCUT2D eigenvalue weighted by Gasteiger charge is 2.15. The largest absolute Gasteiger partial charge is 0.312 e. The maximum Gasteiger partial charge on any atom is 0.210 e. The molecular weight excluding hydrogens is 306 g/mol. The first-order valence-electron chi connectivity index (χ1n) is 7.41. The predicted molar refractivity (Wildman–Crippen MR) is 93.0 cm³/mol. The van der Waals surface area contributed by atoms with Crippen molar-refractivity contribution in [2.75, 3.05) is 4.90 Å². The third-order valence-corrected chi connectivity index (χ3v) is 4.12. The van der Waals surface area contributed by atoms with Gasteiger partial charge in [-0.05, 0) is 24.6 Å². The second-order valence-electron chi connectivity index (χ2n) is 5.28. The van der Waals surface area contributed by atoms with Crippen LogP contribution >= 0.6 is 11.5 Å². The lowest BCUT2D eigenvalue weighted by Gasteiger charge is -2.21. The highest BCUT2D eigenvalue weighted by atomic mass is 32.1. The SMILES string of the molecule is CC(=O)Cc1nsc(N(Cc2ccccc2)c2ccccc2)n1. The van der Waals surface area contributed by atoms with Gasteiger partial charge in [-0.3, -0.25) is 4.79 Å². The van der Waals surface area contributed by atoms with Gasteiger partial charge in [0.2, 0.25) is 5.13 Å². The highest BCUT2D eigenvalue weighted by molar-refractivity contribution is 7.09. The minimum atomic E-state index is 0.0728. The third kappa shape index (κ3) is 4.02. The van der Waals surface area contributed by atoms with Crippen LogP contribution < -0.4 is 4.90 Å². The van der Waals surface area contributed by atoms with E-state index in [1.165, 1.54) is 17.1 Å². The van der Waals surface area contributed by atoms with E-state index in [9.17, 15) is 4.79 Å². The molecule has 0 N–H and O–H groups in total. The van der Waals surface area contributed by atoms with Gasteiger partial charge in [-0.25, -0.2) is 4.98 Å². The summed E-state index contributed by atoms with van der Waals surface area (Å²) in [6, 6.07) is 20.3. The Bertz CT molecular complexity index is 771. The fourth-order valence-electron chi connectivity index (χ4n) is 2.29. The van der Waals surface area contributed by atoms with Crippen molar-refractivity contribution < 1.29 is 4.79 Å². The second-order valence-corrected chi connectivity index (χ2v) is 6.01. The number of benzene rings is 2. The second kappa shape index (κ2) is 7.15. The lowest BCUT2D eigenvalue weighted by Crippen LogP contribution is -2.16. The topological polar surface area (TPSA) is 46.1 Å². The van der Waals surface area contributed by atoms with Gasteiger partial charge >= 0.3 is 0 Å². The molecular formula is C18H17N3OS. The van der Waals surface area contributed by atoms with Crippen LogP contribution in [-0.2, 0) is 17.8 Å². The van der Waals surface area contributed by atoms with Gasteiger partial charge in [0, 0.05) is 17.2 Å². The summed E-state index contributed by atoms with van der Waals surface area (Å²) in [5.74, 6) is 0.662. The summed E-state index contributed by atoms with van der Waals surface area (Å²) in [4.78, 5) is 17.9. The molecule has 0 amide bonds. The first kappa shape index (κ1) is 15.4. The zero-order valence-corrected chi connectivity index (χ0v) is 13.7. The van der Waals surface area contributed by atoms with Crippen molar-refractivity contribution in [3.05, 3.63) is 72.1 Å². The maximum absolute atomic E-state index is 11.3. The lowest BCUT2D eigenvalue weighted by atomic mass is 10.2. The number of anilines is 2. The van der Waals surface area contributed by atoms with Crippen LogP contribution in [0.25, 0.3) is 0 Å². The molecule has 0 aliphatic rings. The van der Waals surface area contributed by atoms with E-state index >= 15 is 0 Å². The summed E-state index contributed by atoms with van der Waals surface area (Å²) >= 11 is 1.33. The molecule has 0 aliphatic carbocycles. The van der Waals surface area contributed by atoms with Crippen molar-refractivity contribution in [1.29, 1.82) is 0 Å². The number of carbonyl (C=O) groups excluding carboxylic acids is 1. The number of carbonyl (C=O) groups is 1. The summed E-state index contributed by atoms with van der Waals surface area (Å²) in [7, 11) is 0. The molecule has 23 heavy (non-hydrogen) atoms. The van der Waals surface area contributed by atoms with Crippen LogP contribution in [0.1, 0.15) is 18.3 Å². The molecule has 0 fully saturated rings. The van der Waals surface area contributed by atoms with Gasteiger partial charge in [0.15, 0.2) is 5.82 Å². The van der Waals surface area contributed by atoms with Crippen molar-refractivity contribution in [2.45, 2.75) is 19.9 Å². The van der Waals surface area contributed by atoms with E-state index in [0.29, 0.717) is 12.4 Å². The molecule has 116 valence electrons. The Hall–Kier alpha value is -2.53. The summed E-state index contributed by atoms with van der Waals surface area (Å²) in [6.07, 6.45) is 0.282. The van der Waals surface area contributed by atoms with Gasteiger partial charge in [-0.15, -0.1) is 0 Å². The van der Waals surface area contributed by atoms with Crippen LogP contribution in [0.5, 0.6) is 0 Å². The maximum atomic E-state index is 11.3. The number of nitrogens with zero attached hydrogens (tertiary/aromatic N) is 3. The van der Waals surface area contributed by atoms with Crippen molar-refractivity contribution in [3.63, 3.8) is 0 Å². The molecule has 0 bridgehead atoms.